The van der Waals surface area contributed by atoms with Crippen LogP contribution in [0.25, 0.3) is 0 Å². The minimum absolute atomic E-state index is 0.0952. The number of nitrogens with one attached hydrogen (secondary N) is 1. The van der Waals surface area contributed by atoms with E-state index >= 15 is 0 Å². The molecule has 0 saturated carbocycles. The standard InChI is InChI=1S/C22H25N3O3/c1-3-4-12-28-20-10-8-19(9-11-20)22(27)24-15-21(26)25(2)16-18-7-5-6-17(13-18)14-23/h5-11,13H,3-4,12,15-16H2,1-2H3,(H,24,27). The van der Waals surface area contributed by atoms with Gasteiger partial charge in [-0.2, -0.15) is 5.26 Å². The zero-order valence-electron chi connectivity index (χ0n) is 16.3. The van der Waals surface area contributed by atoms with Crippen LogP contribution in [0.15, 0.2) is 48.5 Å². The first kappa shape index (κ1) is 21.0. The zero-order valence-corrected chi connectivity index (χ0v) is 16.3. The number of nitriles is 1. The summed E-state index contributed by atoms with van der Waals surface area (Å²) in [5, 5.41) is 11.6. The molecule has 0 fully saturated rings. The fraction of sp³-hybridized carbons (Fsp3) is 0.318. The highest BCUT2D eigenvalue weighted by atomic mass is 16.5. The number of hydrogen-bond donors (Lipinski definition) is 1. The van der Waals surface area contributed by atoms with Crippen molar-refractivity contribution in [3.63, 3.8) is 0 Å². The molecule has 0 atom stereocenters. The molecule has 0 unspecified atom stereocenters. The second-order valence-corrected chi connectivity index (χ2v) is 6.47. The van der Waals surface area contributed by atoms with Gasteiger partial charge in [-0.05, 0) is 48.4 Å². The normalized spacial score (nSPS) is 10.0. The molecule has 0 radical (unpaired) electrons. The highest BCUT2D eigenvalue weighted by Gasteiger charge is 2.12. The molecule has 2 aromatic carbocycles. The number of likely N-dealkylation sites (N-methyl/N-ethyl adjacent to an activating group) is 1. The van der Waals surface area contributed by atoms with Gasteiger partial charge in [-0.15, -0.1) is 0 Å². The first-order valence-corrected chi connectivity index (χ1v) is 9.27. The Kier molecular flexibility index (Phi) is 8.04. The second kappa shape index (κ2) is 10.7. The number of nitrogens with zero attached hydrogens (tertiary/aromatic N) is 2. The van der Waals surface area contributed by atoms with Crippen molar-refractivity contribution in [1.82, 2.24) is 10.2 Å². The van der Waals surface area contributed by atoms with Crippen LogP contribution < -0.4 is 10.1 Å². The van der Waals surface area contributed by atoms with E-state index in [0.717, 1.165) is 24.2 Å². The molecule has 0 aliphatic heterocycles. The van der Waals surface area contributed by atoms with Crippen molar-refractivity contribution in [2.75, 3.05) is 20.2 Å². The van der Waals surface area contributed by atoms with Crippen molar-refractivity contribution >= 4 is 11.8 Å². The van der Waals surface area contributed by atoms with Gasteiger partial charge in [0.25, 0.3) is 5.91 Å². The Morgan fingerprint density at radius 1 is 1.18 bits per heavy atom. The topological polar surface area (TPSA) is 82.4 Å². The number of carbonyl (C=O) groups excluding carboxylic acids is 2. The van der Waals surface area contributed by atoms with Crippen molar-refractivity contribution < 1.29 is 14.3 Å². The molecule has 2 amide bonds. The quantitative estimate of drug-likeness (QED) is 0.679. The Labute approximate surface area is 165 Å². The molecule has 0 aromatic heterocycles. The summed E-state index contributed by atoms with van der Waals surface area (Å²) >= 11 is 0. The van der Waals surface area contributed by atoms with Crippen LogP contribution in [0, 0.1) is 11.3 Å². The molecule has 0 aliphatic carbocycles. The van der Waals surface area contributed by atoms with Crippen LogP contribution in [-0.2, 0) is 11.3 Å². The molecule has 0 spiro atoms. The molecule has 0 aliphatic rings. The molecule has 6 nitrogen and oxygen atoms in total. The molecular weight excluding hydrogens is 354 g/mol. The predicted octanol–water partition coefficient (Wildman–Crippen LogP) is 3.13. The van der Waals surface area contributed by atoms with Gasteiger partial charge in [-0.3, -0.25) is 9.59 Å². The van der Waals surface area contributed by atoms with Crippen LogP contribution in [0.1, 0.15) is 41.3 Å². The summed E-state index contributed by atoms with van der Waals surface area (Å²) in [5.41, 5.74) is 1.88. The van der Waals surface area contributed by atoms with E-state index in [1.54, 1.807) is 49.5 Å². The molecule has 0 saturated heterocycles. The second-order valence-electron chi connectivity index (χ2n) is 6.47. The van der Waals surface area contributed by atoms with Gasteiger partial charge in [-0.25, -0.2) is 0 Å². The first-order valence-electron chi connectivity index (χ1n) is 9.27. The zero-order chi connectivity index (χ0) is 20.4. The van der Waals surface area contributed by atoms with Gasteiger partial charge < -0.3 is 15.0 Å². The number of carbonyl (C=O) groups is 2. The van der Waals surface area contributed by atoms with Gasteiger partial charge in [0.1, 0.15) is 5.75 Å². The van der Waals surface area contributed by atoms with E-state index < -0.39 is 0 Å². The lowest BCUT2D eigenvalue weighted by Crippen LogP contribution is -2.37. The maximum absolute atomic E-state index is 12.3. The Balaban J connectivity index is 1.82. The van der Waals surface area contributed by atoms with E-state index in [-0.39, 0.29) is 18.4 Å². The van der Waals surface area contributed by atoms with Crippen LogP contribution in [-0.4, -0.2) is 36.9 Å². The van der Waals surface area contributed by atoms with E-state index in [1.807, 2.05) is 6.07 Å². The smallest absolute Gasteiger partial charge is 0.251 e. The minimum Gasteiger partial charge on any atom is -0.494 e. The first-order chi connectivity index (χ1) is 13.5. The molecule has 28 heavy (non-hydrogen) atoms. The third kappa shape index (κ3) is 6.44. The maximum atomic E-state index is 12.3. The number of rotatable bonds is 9. The minimum atomic E-state index is -0.312. The lowest BCUT2D eigenvalue weighted by Gasteiger charge is -2.17. The Bertz CT molecular complexity index is 841. The van der Waals surface area contributed by atoms with Crippen molar-refractivity contribution in [2.24, 2.45) is 0 Å². The summed E-state index contributed by atoms with van der Waals surface area (Å²) in [6, 6.07) is 16.0. The Morgan fingerprint density at radius 2 is 1.93 bits per heavy atom. The van der Waals surface area contributed by atoms with Crippen LogP contribution in [0.3, 0.4) is 0 Å². The van der Waals surface area contributed by atoms with E-state index in [9.17, 15) is 9.59 Å². The van der Waals surface area contributed by atoms with Gasteiger partial charge in [0.2, 0.25) is 5.91 Å². The molecule has 146 valence electrons. The number of benzene rings is 2. The number of ether oxygens (including phenoxy) is 1. The third-order valence-electron chi connectivity index (χ3n) is 4.18. The van der Waals surface area contributed by atoms with E-state index in [0.29, 0.717) is 24.3 Å². The summed E-state index contributed by atoms with van der Waals surface area (Å²) in [6.07, 6.45) is 2.05. The van der Waals surface area contributed by atoms with Gasteiger partial charge in [0.05, 0.1) is 24.8 Å². The van der Waals surface area contributed by atoms with Crippen molar-refractivity contribution in [3.05, 3.63) is 65.2 Å². The molecule has 2 rings (SSSR count). The fourth-order valence-corrected chi connectivity index (χ4v) is 2.53. The Hall–Kier alpha value is -3.33. The van der Waals surface area contributed by atoms with Crippen LogP contribution >= 0.6 is 0 Å². The Morgan fingerprint density at radius 3 is 2.61 bits per heavy atom. The molecule has 6 heteroatoms. The number of unbranched alkanes of at least 4 members (excludes halogenated alkanes) is 1. The fourth-order valence-electron chi connectivity index (χ4n) is 2.53. The molecule has 0 heterocycles. The summed E-state index contributed by atoms with van der Waals surface area (Å²) < 4.78 is 5.57. The van der Waals surface area contributed by atoms with E-state index in [1.165, 1.54) is 4.90 Å². The van der Waals surface area contributed by atoms with Crippen LogP contribution in [0.5, 0.6) is 5.75 Å². The average Bonchev–Trinajstić information content (AvgIpc) is 2.72. The highest BCUT2D eigenvalue weighted by molar-refractivity contribution is 5.96. The van der Waals surface area contributed by atoms with Gasteiger partial charge in [-0.1, -0.05) is 25.5 Å². The van der Waals surface area contributed by atoms with Gasteiger partial charge >= 0.3 is 0 Å². The van der Waals surface area contributed by atoms with E-state index in [4.69, 9.17) is 10.00 Å². The number of amides is 2. The van der Waals surface area contributed by atoms with E-state index in [2.05, 4.69) is 18.3 Å². The van der Waals surface area contributed by atoms with Crippen molar-refractivity contribution in [3.8, 4) is 11.8 Å². The average molecular weight is 379 g/mol. The summed E-state index contributed by atoms with van der Waals surface area (Å²) in [7, 11) is 1.66. The maximum Gasteiger partial charge on any atom is 0.251 e. The van der Waals surface area contributed by atoms with Gasteiger partial charge in [0, 0.05) is 19.2 Å². The highest BCUT2D eigenvalue weighted by Crippen LogP contribution is 2.13. The third-order valence-corrected chi connectivity index (χ3v) is 4.18. The summed E-state index contributed by atoms with van der Waals surface area (Å²) in [4.78, 5) is 26.0. The molecule has 2 aromatic rings. The summed E-state index contributed by atoms with van der Waals surface area (Å²) in [6.45, 7) is 3.02. The van der Waals surface area contributed by atoms with Gasteiger partial charge in [0.15, 0.2) is 0 Å². The SMILES string of the molecule is CCCCOc1ccc(C(=O)NCC(=O)N(C)Cc2cccc(C#N)c2)cc1. The van der Waals surface area contributed by atoms with Crippen LogP contribution in [0.4, 0.5) is 0 Å². The van der Waals surface area contributed by atoms with Crippen molar-refractivity contribution in [2.45, 2.75) is 26.3 Å². The number of hydrogen-bond acceptors (Lipinski definition) is 4. The summed E-state index contributed by atoms with van der Waals surface area (Å²) in [5.74, 6) is 0.198. The lowest BCUT2D eigenvalue weighted by molar-refractivity contribution is -0.129. The molecule has 1 N–H and O–H groups in total. The largest absolute Gasteiger partial charge is 0.494 e. The predicted molar refractivity (Wildman–Crippen MR) is 107 cm³/mol. The monoisotopic (exact) mass is 379 g/mol. The van der Waals surface area contributed by atoms with Crippen LogP contribution in [0.2, 0.25) is 0 Å². The molecular formula is C22H25N3O3. The lowest BCUT2D eigenvalue weighted by atomic mass is 10.1. The molecule has 0 bridgehead atoms. The van der Waals surface area contributed by atoms with Crippen molar-refractivity contribution in [1.29, 1.82) is 5.26 Å².